The van der Waals surface area contributed by atoms with E-state index in [9.17, 15) is 14.0 Å². The van der Waals surface area contributed by atoms with Gasteiger partial charge < -0.3 is 10.2 Å². The third kappa shape index (κ3) is 3.74. The fourth-order valence-electron chi connectivity index (χ4n) is 3.00. The van der Waals surface area contributed by atoms with Gasteiger partial charge in [0.05, 0.1) is 11.7 Å². The van der Waals surface area contributed by atoms with Crippen molar-refractivity contribution in [3.05, 3.63) is 64.4 Å². The molecule has 0 unspecified atom stereocenters. The average Bonchev–Trinajstić information content (AvgIpc) is 2.97. The van der Waals surface area contributed by atoms with Gasteiger partial charge in [0, 0.05) is 11.0 Å². The lowest BCUT2D eigenvalue weighted by atomic mass is 10.0. The Morgan fingerprint density at radius 1 is 1.28 bits per heavy atom. The SMILES string of the molecule is C[C@H](NC(=O)[C@H]1CCN(c2ccc(Br)cc2F)C1=O)c1ccccc1. The molecular weight excluding hydrogens is 387 g/mol. The van der Waals surface area contributed by atoms with Crippen molar-refractivity contribution in [2.24, 2.45) is 5.92 Å². The van der Waals surface area contributed by atoms with E-state index in [1.807, 2.05) is 37.3 Å². The van der Waals surface area contributed by atoms with Gasteiger partial charge in [-0.2, -0.15) is 0 Å². The van der Waals surface area contributed by atoms with Crippen LogP contribution in [0.4, 0.5) is 10.1 Å². The molecule has 6 heteroatoms. The summed E-state index contributed by atoms with van der Waals surface area (Å²) in [6.45, 7) is 2.20. The van der Waals surface area contributed by atoms with Crippen LogP contribution in [0.25, 0.3) is 0 Å². The maximum atomic E-state index is 14.1. The van der Waals surface area contributed by atoms with E-state index in [1.165, 1.54) is 11.0 Å². The molecule has 1 saturated heterocycles. The highest BCUT2D eigenvalue weighted by atomic mass is 79.9. The van der Waals surface area contributed by atoms with Crippen molar-refractivity contribution in [2.75, 3.05) is 11.4 Å². The Hall–Kier alpha value is -2.21. The maximum absolute atomic E-state index is 14.1. The predicted molar refractivity (Wildman–Crippen MR) is 97.6 cm³/mol. The van der Waals surface area contributed by atoms with Crippen molar-refractivity contribution in [1.29, 1.82) is 0 Å². The average molecular weight is 405 g/mol. The number of benzene rings is 2. The van der Waals surface area contributed by atoms with E-state index in [2.05, 4.69) is 21.2 Å². The summed E-state index contributed by atoms with van der Waals surface area (Å²) in [6, 6.07) is 13.9. The van der Waals surface area contributed by atoms with Gasteiger partial charge in [-0.25, -0.2) is 4.39 Å². The molecule has 2 amide bonds. The second kappa shape index (κ2) is 7.35. The number of carbonyl (C=O) groups is 2. The van der Waals surface area contributed by atoms with Crippen LogP contribution >= 0.6 is 15.9 Å². The number of halogens is 2. The summed E-state index contributed by atoms with van der Waals surface area (Å²) in [7, 11) is 0. The monoisotopic (exact) mass is 404 g/mol. The van der Waals surface area contributed by atoms with Gasteiger partial charge in [-0.3, -0.25) is 9.59 Å². The Bertz CT molecular complexity index is 797. The summed E-state index contributed by atoms with van der Waals surface area (Å²) in [6.07, 6.45) is 0.377. The molecule has 3 rings (SSSR count). The quantitative estimate of drug-likeness (QED) is 0.787. The third-order valence-electron chi connectivity index (χ3n) is 4.38. The first-order chi connectivity index (χ1) is 12.0. The first kappa shape index (κ1) is 17.6. The molecule has 1 aliphatic heterocycles. The minimum atomic E-state index is -0.783. The molecule has 1 N–H and O–H groups in total. The molecule has 0 aliphatic carbocycles. The number of rotatable bonds is 4. The van der Waals surface area contributed by atoms with Crippen LogP contribution in [0.2, 0.25) is 0 Å². The van der Waals surface area contributed by atoms with E-state index in [4.69, 9.17) is 0 Å². The Balaban J connectivity index is 1.70. The molecule has 0 radical (unpaired) electrons. The molecule has 4 nitrogen and oxygen atoms in total. The first-order valence-electron chi connectivity index (χ1n) is 8.09. The van der Waals surface area contributed by atoms with Gasteiger partial charge in [0.25, 0.3) is 0 Å². The summed E-state index contributed by atoms with van der Waals surface area (Å²) in [5.41, 5.74) is 1.18. The zero-order chi connectivity index (χ0) is 18.0. The van der Waals surface area contributed by atoms with Crippen molar-refractivity contribution in [3.8, 4) is 0 Å². The number of nitrogens with zero attached hydrogens (tertiary/aromatic N) is 1. The van der Waals surface area contributed by atoms with Crippen molar-refractivity contribution < 1.29 is 14.0 Å². The van der Waals surface area contributed by atoms with Crippen molar-refractivity contribution >= 4 is 33.4 Å². The van der Waals surface area contributed by atoms with Gasteiger partial charge >= 0.3 is 0 Å². The maximum Gasteiger partial charge on any atom is 0.239 e. The van der Waals surface area contributed by atoms with Crippen LogP contribution in [0, 0.1) is 11.7 Å². The lowest BCUT2D eigenvalue weighted by Crippen LogP contribution is -2.38. The van der Waals surface area contributed by atoms with Crippen LogP contribution in [0.15, 0.2) is 53.0 Å². The molecule has 1 fully saturated rings. The number of carbonyl (C=O) groups excluding carboxylic acids is 2. The second-order valence-electron chi connectivity index (χ2n) is 6.07. The lowest BCUT2D eigenvalue weighted by Gasteiger charge is -2.19. The van der Waals surface area contributed by atoms with Crippen LogP contribution in [-0.4, -0.2) is 18.4 Å². The van der Waals surface area contributed by atoms with Crippen molar-refractivity contribution in [3.63, 3.8) is 0 Å². The van der Waals surface area contributed by atoms with Gasteiger partial charge in [-0.1, -0.05) is 46.3 Å². The standard InChI is InChI=1S/C19H18BrFN2O2/c1-12(13-5-3-2-4-6-13)22-18(24)15-9-10-23(19(15)25)17-8-7-14(20)11-16(17)21/h2-8,11-12,15H,9-10H2,1H3,(H,22,24)/t12-,15+/m0/s1. The van der Waals surface area contributed by atoms with Crippen LogP contribution in [-0.2, 0) is 9.59 Å². The topological polar surface area (TPSA) is 49.4 Å². The molecule has 0 spiro atoms. The van der Waals surface area contributed by atoms with Crippen LogP contribution in [0.1, 0.15) is 24.9 Å². The molecule has 0 bridgehead atoms. The molecule has 130 valence electrons. The molecule has 2 aromatic rings. The molecular formula is C19H18BrFN2O2. The molecule has 2 aromatic carbocycles. The van der Waals surface area contributed by atoms with Crippen LogP contribution < -0.4 is 10.2 Å². The fourth-order valence-corrected chi connectivity index (χ4v) is 3.33. The summed E-state index contributed by atoms with van der Waals surface area (Å²) in [5.74, 6) is -1.95. The highest BCUT2D eigenvalue weighted by Crippen LogP contribution is 2.29. The Morgan fingerprint density at radius 3 is 2.68 bits per heavy atom. The molecule has 1 heterocycles. The summed E-state index contributed by atoms with van der Waals surface area (Å²) in [5, 5.41) is 2.88. The first-order valence-corrected chi connectivity index (χ1v) is 8.88. The van der Waals surface area contributed by atoms with Gasteiger partial charge in [0.1, 0.15) is 11.7 Å². The lowest BCUT2D eigenvalue weighted by molar-refractivity contribution is -0.132. The van der Waals surface area contributed by atoms with E-state index < -0.39 is 11.7 Å². The van der Waals surface area contributed by atoms with Crippen molar-refractivity contribution in [1.82, 2.24) is 5.32 Å². The number of anilines is 1. The van der Waals surface area contributed by atoms with E-state index in [0.29, 0.717) is 17.4 Å². The van der Waals surface area contributed by atoms with Crippen molar-refractivity contribution in [2.45, 2.75) is 19.4 Å². The molecule has 0 saturated carbocycles. The summed E-state index contributed by atoms with van der Waals surface area (Å²) >= 11 is 3.20. The fraction of sp³-hybridized carbons (Fsp3) is 0.263. The van der Waals surface area contributed by atoms with E-state index >= 15 is 0 Å². The zero-order valence-electron chi connectivity index (χ0n) is 13.7. The predicted octanol–water partition coefficient (Wildman–Crippen LogP) is 3.82. The minimum absolute atomic E-state index is 0.194. The molecule has 0 aromatic heterocycles. The molecule has 1 aliphatic rings. The number of nitrogens with one attached hydrogen (secondary N) is 1. The van der Waals surface area contributed by atoms with Crippen LogP contribution in [0.5, 0.6) is 0 Å². The Labute approximate surface area is 154 Å². The highest BCUT2D eigenvalue weighted by molar-refractivity contribution is 9.10. The normalized spacial score (nSPS) is 18.3. The summed E-state index contributed by atoms with van der Waals surface area (Å²) in [4.78, 5) is 26.4. The van der Waals surface area contributed by atoms with Gasteiger partial charge in [-0.15, -0.1) is 0 Å². The number of amides is 2. The van der Waals surface area contributed by atoms with E-state index in [1.54, 1.807) is 12.1 Å². The van der Waals surface area contributed by atoms with Crippen LogP contribution in [0.3, 0.4) is 0 Å². The highest BCUT2D eigenvalue weighted by Gasteiger charge is 2.38. The number of hydrogen-bond acceptors (Lipinski definition) is 2. The van der Waals surface area contributed by atoms with E-state index in [-0.39, 0.29) is 23.5 Å². The smallest absolute Gasteiger partial charge is 0.239 e. The Kier molecular flexibility index (Phi) is 5.18. The minimum Gasteiger partial charge on any atom is -0.349 e. The Morgan fingerprint density at radius 2 is 2.00 bits per heavy atom. The van der Waals surface area contributed by atoms with Gasteiger partial charge in [0.2, 0.25) is 11.8 Å². The number of hydrogen-bond donors (Lipinski definition) is 1. The third-order valence-corrected chi connectivity index (χ3v) is 4.87. The zero-order valence-corrected chi connectivity index (χ0v) is 15.3. The summed E-state index contributed by atoms with van der Waals surface area (Å²) < 4.78 is 14.7. The van der Waals surface area contributed by atoms with E-state index in [0.717, 1.165) is 5.56 Å². The van der Waals surface area contributed by atoms with Gasteiger partial charge in [-0.05, 0) is 37.1 Å². The van der Waals surface area contributed by atoms with Gasteiger partial charge in [0.15, 0.2) is 0 Å². The molecule has 25 heavy (non-hydrogen) atoms. The largest absolute Gasteiger partial charge is 0.349 e. The second-order valence-corrected chi connectivity index (χ2v) is 6.98. The molecule has 2 atom stereocenters.